The molecule has 0 fully saturated rings. The molecule has 0 bridgehead atoms. The van der Waals surface area contributed by atoms with Crippen LogP contribution in [0.3, 0.4) is 0 Å². The SMILES string of the molecule is [CH2]Cc1cc(CCCCCCCCCCCCCCCCCCCCCCC)nc(CCCCCCCCCCCCCCCCCCCCCCC)c1. The third-order valence-corrected chi connectivity index (χ3v) is 12.4. The van der Waals surface area contributed by atoms with Crippen LogP contribution in [0.1, 0.15) is 300 Å². The molecule has 0 saturated heterocycles. The predicted octanol–water partition coefficient (Wildman–Crippen LogP) is 19.0. The molecule has 0 amide bonds. The largest absolute Gasteiger partial charge is 0.258 e. The lowest BCUT2D eigenvalue weighted by Crippen LogP contribution is -2.00. The van der Waals surface area contributed by atoms with Gasteiger partial charge in [-0.3, -0.25) is 4.98 Å². The van der Waals surface area contributed by atoms with Gasteiger partial charge in [0.2, 0.25) is 0 Å². The molecular weight excluding hydrogens is 651 g/mol. The first-order valence-electron chi connectivity index (χ1n) is 25.6. The maximum Gasteiger partial charge on any atom is 0.0409 e. The molecule has 1 radical (unpaired) electrons. The van der Waals surface area contributed by atoms with Crippen molar-refractivity contribution in [1.29, 1.82) is 0 Å². The Labute approximate surface area is 342 Å². The van der Waals surface area contributed by atoms with E-state index in [1.165, 1.54) is 287 Å². The average molecular weight is 751 g/mol. The minimum atomic E-state index is 0.890. The summed E-state index contributed by atoms with van der Waals surface area (Å²) < 4.78 is 0. The standard InChI is InChI=1S/C53H100N/c1-4-7-9-11-13-15-17-19-21-23-25-27-29-31-33-35-37-39-41-43-45-47-52-49-51(6-3)50-53(54-52)48-46-44-42-40-38-36-34-32-30-28-26-24-22-20-18-16-14-12-10-8-5-2/h49-50H,3-48H2,1-2H3. The van der Waals surface area contributed by atoms with E-state index in [1.807, 2.05) is 0 Å². The Morgan fingerprint density at radius 2 is 0.481 bits per heavy atom. The van der Waals surface area contributed by atoms with Crippen LogP contribution in [-0.4, -0.2) is 4.98 Å². The highest BCUT2D eigenvalue weighted by atomic mass is 14.7. The number of unbranched alkanes of at least 4 members (excludes halogenated alkanes) is 40. The zero-order valence-corrected chi connectivity index (χ0v) is 37.6. The van der Waals surface area contributed by atoms with Gasteiger partial charge in [-0.25, -0.2) is 0 Å². The van der Waals surface area contributed by atoms with Gasteiger partial charge >= 0.3 is 0 Å². The Balaban J connectivity index is 1.89. The lowest BCUT2D eigenvalue weighted by molar-refractivity contribution is 0.520. The van der Waals surface area contributed by atoms with Crippen molar-refractivity contribution in [3.63, 3.8) is 0 Å². The molecule has 0 aromatic carbocycles. The van der Waals surface area contributed by atoms with E-state index in [1.54, 1.807) is 0 Å². The Bertz CT molecular complexity index is 779. The number of hydrogen-bond donors (Lipinski definition) is 0. The second kappa shape index (κ2) is 43.3. The Morgan fingerprint density at radius 1 is 0.296 bits per heavy atom. The molecular formula is C53H100N. The summed E-state index contributed by atoms with van der Waals surface area (Å²) in [5.41, 5.74) is 4.04. The summed E-state index contributed by atoms with van der Waals surface area (Å²) in [4.78, 5) is 5.10. The molecule has 0 unspecified atom stereocenters. The van der Waals surface area contributed by atoms with Crippen LogP contribution in [0, 0.1) is 6.92 Å². The topological polar surface area (TPSA) is 12.9 Å². The maximum atomic E-state index is 5.10. The van der Waals surface area contributed by atoms with Crippen LogP contribution in [0.25, 0.3) is 0 Å². The van der Waals surface area contributed by atoms with E-state index in [0.29, 0.717) is 0 Å². The molecule has 0 aliphatic rings. The minimum Gasteiger partial charge on any atom is -0.258 e. The molecule has 0 N–H and O–H groups in total. The maximum absolute atomic E-state index is 5.10. The van der Waals surface area contributed by atoms with Crippen molar-refractivity contribution in [2.75, 3.05) is 0 Å². The average Bonchev–Trinajstić information content (AvgIpc) is 3.19. The van der Waals surface area contributed by atoms with E-state index < -0.39 is 0 Å². The zero-order chi connectivity index (χ0) is 38.7. The lowest BCUT2D eigenvalue weighted by Gasteiger charge is -2.09. The van der Waals surface area contributed by atoms with Crippen LogP contribution >= 0.6 is 0 Å². The monoisotopic (exact) mass is 751 g/mol. The fourth-order valence-electron chi connectivity index (χ4n) is 8.60. The Morgan fingerprint density at radius 3 is 0.667 bits per heavy atom. The number of pyridine rings is 1. The predicted molar refractivity (Wildman–Crippen MR) is 246 cm³/mol. The number of aryl methyl sites for hydroxylation is 2. The van der Waals surface area contributed by atoms with Crippen molar-refractivity contribution >= 4 is 0 Å². The smallest absolute Gasteiger partial charge is 0.0409 e. The van der Waals surface area contributed by atoms with Gasteiger partial charge in [-0.15, -0.1) is 0 Å². The molecule has 0 aliphatic heterocycles. The Hall–Kier alpha value is -0.850. The highest BCUT2D eigenvalue weighted by Crippen LogP contribution is 2.19. The van der Waals surface area contributed by atoms with Gasteiger partial charge in [-0.2, -0.15) is 0 Å². The number of nitrogens with zero attached hydrogens (tertiary/aromatic N) is 1. The highest BCUT2D eigenvalue weighted by Gasteiger charge is 2.04. The van der Waals surface area contributed by atoms with E-state index in [-0.39, 0.29) is 0 Å². The number of rotatable bonds is 45. The van der Waals surface area contributed by atoms with E-state index in [2.05, 4.69) is 32.9 Å². The van der Waals surface area contributed by atoms with Gasteiger partial charge in [-0.05, 0) is 56.7 Å². The minimum absolute atomic E-state index is 0.890. The van der Waals surface area contributed by atoms with E-state index in [9.17, 15) is 0 Å². The van der Waals surface area contributed by atoms with Gasteiger partial charge in [0.1, 0.15) is 0 Å². The van der Waals surface area contributed by atoms with Gasteiger partial charge in [-0.1, -0.05) is 271 Å². The normalized spacial score (nSPS) is 11.6. The van der Waals surface area contributed by atoms with Crippen LogP contribution in [0.5, 0.6) is 0 Å². The first-order valence-corrected chi connectivity index (χ1v) is 25.6. The van der Waals surface area contributed by atoms with Crippen molar-refractivity contribution in [2.24, 2.45) is 0 Å². The van der Waals surface area contributed by atoms with Gasteiger partial charge in [0.15, 0.2) is 0 Å². The van der Waals surface area contributed by atoms with Crippen LogP contribution in [0.4, 0.5) is 0 Å². The first kappa shape index (κ1) is 51.2. The first-order chi connectivity index (χ1) is 26.8. The zero-order valence-electron chi connectivity index (χ0n) is 37.6. The quantitative estimate of drug-likeness (QED) is 0.0605. The van der Waals surface area contributed by atoms with Crippen molar-refractivity contribution in [3.05, 3.63) is 36.0 Å². The van der Waals surface area contributed by atoms with Crippen LogP contribution in [-0.2, 0) is 19.3 Å². The molecule has 1 nitrogen and oxygen atoms in total. The van der Waals surface area contributed by atoms with Crippen molar-refractivity contribution in [1.82, 2.24) is 4.98 Å². The summed E-state index contributed by atoms with van der Waals surface area (Å²) in [6, 6.07) is 4.68. The molecule has 317 valence electrons. The molecule has 0 spiro atoms. The summed E-state index contributed by atoms with van der Waals surface area (Å²) in [6.07, 6.45) is 63.9. The fraction of sp³-hybridized carbons (Fsp3) is 0.887. The van der Waals surface area contributed by atoms with Crippen LogP contribution in [0.2, 0.25) is 0 Å². The highest BCUT2D eigenvalue weighted by molar-refractivity contribution is 5.22. The van der Waals surface area contributed by atoms with Crippen molar-refractivity contribution < 1.29 is 0 Å². The van der Waals surface area contributed by atoms with Gasteiger partial charge in [0.25, 0.3) is 0 Å². The summed E-state index contributed by atoms with van der Waals surface area (Å²) in [5, 5.41) is 0. The van der Waals surface area contributed by atoms with Crippen molar-refractivity contribution in [2.45, 2.75) is 303 Å². The number of aromatic nitrogens is 1. The van der Waals surface area contributed by atoms with Gasteiger partial charge in [0, 0.05) is 11.4 Å². The molecule has 1 aromatic rings. The molecule has 54 heavy (non-hydrogen) atoms. The van der Waals surface area contributed by atoms with Gasteiger partial charge < -0.3 is 0 Å². The second-order valence-corrected chi connectivity index (χ2v) is 17.9. The third-order valence-electron chi connectivity index (χ3n) is 12.4. The Kier molecular flexibility index (Phi) is 41.0. The summed E-state index contributed by atoms with van der Waals surface area (Å²) >= 11 is 0. The summed E-state index contributed by atoms with van der Waals surface area (Å²) in [5.74, 6) is 0. The molecule has 1 heterocycles. The number of hydrogen-bond acceptors (Lipinski definition) is 1. The molecule has 0 aliphatic carbocycles. The van der Waals surface area contributed by atoms with E-state index in [4.69, 9.17) is 4.98 Å². The van der Waals surface area contributed by atoms with E-state index in [0.717, 1.165) is 19.3 Å². The van der Waals surface area contributed by atoms with E-state index >= 15 is 0 Å². The molecule has 0 atom stereocenters. The second-order valence-electron chi connectivity index (χ2n) is 17.9. The molecule has 1 rings (SSSR count). The molecule has 1 heteroatoms. The van der Waals surface area contributed by atoms with Gasteiger partial charge in [0.05, 0.1) is 0 Å². The van der Waals surface area contributed by atoms with Crippen molar-refractivity contribution in [3.8, 4) is 0 Å². The molecule has 1 aromatic heterocycles. The third kappa shape index (κ3) is 36.8. The van der Waals surface area contributed by atoms with Crippen LogP contribution in [0.15, 0.2) is 12.1 Å². The summed E-state index contributed by atoms with van der Waals surface area (Å²) in [7, 11) is 0. The molecule has 0 saturated carbocycles. The van der Waals surface area contributed by atoms with Crippen LogP contribution < -0.4 is 0 Å². The fourth-order valence-corrected chi connectivity index (χ4v) is 8.60. The lowest BCUT2D eigenvalue weighted by atomic mass is 10.0. The summed E-state index contributed by atoms with van der Waals surface area (Å²) in [6.45, 7) is 8.81.